The molecular formula is C21H16N2O2. The number of nitrogens with zero attached hydrogens (tertiary/aromatic N) is 2. The maximum atomic E-state index is 10.1. The van der Waals surface area contributed by atoms with Gasteiger partial charge in [-0.25, -0.2) is 4.98 Å². The molecule has 0 spiro atoms. The van der Waals surface area contributed by atoms with Crippen molar-refractivity contribution in [2.45, 2.75) is 6.92 Å². The number of hydrogen-bond donors (Lipinski definition) is 1. The molecule has 0 aliphatic heterocycles. The van der Waals surface area contributed by atoms with Crippen LogP contribution in [-0.4, -0.2) is 15.1 Å². The number of aryl methyl sites for hydroxylation is 1. The van der Waals surface area contributed by atoms with Crippen LogP contribution in [-0.2, 0) is 0 Å². The quantitative estimate of drug-likeness (QED) is 0.568. The van der Waals surface area contributed by atoms with Gasteiger partial charge in [-0.05, 0) is 48.9 Å². The van der Waals surface area contributed by atoms with Crippen LogP contribution in [0.25, 0.3) is 22.3 Å². The Morgan fingerprint density at radius 3 is 2.48 bits per heavy atom. The fourth-order valence-corrected chi connectivity index (χ4v) is 2.70. The van der Waals surface area contributed by atoms with Gasteiger partial charge in [0, 0.05) is 0 Å². The Balaban J connectivity index is 1.89. The smallest absolute Gasteiger partial charge is 0.230 e. The third kappa shape index (κ3) is 3.02. The molecule has 4 heteroatoms. The summed E-state index contributed by atoms with van der Waals surface area (Å²) in [7, 11) is 0. The van der Waals surface area contributed by atoms with Crippen LogP contribution in [0.2, 0.25) is 0 Å². The lowest BCUT2D eigenvalue weighted by molar-refractivity contribution is 0.467. The van der Waals surface area contributed by atoms with E-state index in [4.69, 9.17) is 4.74 Å². The second kappa shape index (κ2) is 6.24. The van der Waals surface area contributed by atoms with E-state index in [9.17, 15) is 5.11 Å². The van der Waals surface area contributed by atoms with Gasteiger partial charge in [0.2, 0.25) is 5.88 Å². The lowest BCUT2D eigenvalue weighted by atomic mass is 10.1. The van der Waals surface area contributed by atoms with Gasteiger partial charge in [0.05, 0.1) is 16.5 Å². The average molecular weight is 328 g/mol. The summed E-state index contributed by atoms with van der Waals surface area (Å²) in [4.78, 5) is 9.14. The van der Waals surface area contributed by atoms with Crippen molar-refractivity contribution < 1.29 is 9.84 Å². The van der Waals surface area contributed by atoms with Gasteiger partial charge in [0.1, 0.15) is 11.5 Å². The second-order valence-corrected chi connectivity index (χ2v) is 5.81. The third-order valence-electron chi connectivity index (χ3n) is 3.92. The molecule has 3 aromatic carbocycles. The van der Waals surface area contributed by atoms with E-state index in [1.54, 1.807) is 18.2 Å². The van der Waals surface area contributed by atoms with E-state index >= 15 is 0 Å². The summed E-state index contributed by atoms with van der Waals surface area (Å²) in [5, 5.41) is 11.0. The van der Waals surface area contributed by atoms with Crippen molar-refractivity contribution in [1.29, 1.82) is 0 Å². The van der Waals surface area contributed by atoms with Crippen LogP contribution in [0.3, 0.4) is 0 Å². The largest absolute Gasteiger partial charge is 0.507 e. The van der Waals surface area contributed by atoms with Crippen molar-refractivity contribution in [2.24, 2.45) is 0 Å². The summed E-state index contributed by atoms with van der Waals surface area (Å²) in [5.74, 6) is 1.75. The molecule has 0 saturated heterocycles. The van der Waals surface area contributed by atoms with E-state index < -0.39 is 0 Å². The Bertz CT molecular complexity index is 1060. The summed E-state index contributed by atoms with van der Waals surface area (Å²) in [6.45, 7) is 2.01. The number of fused-ring (bicyclic) bond motifs is 1. The summed E-state index contributed by atoms with van der Waals surface area (Å²) in [6, 6.07) is 22.5. The van der Waals surface area contributed by atoms with Crippen LogP contribution in [0.1, 0.15) is 5.56 Å². The normalized spacial score (nSPS) is 10.8. The first-order chi connectivity index (χ1) is 12.2. The van der Waals surface area contributed by atoms with Crippen LogP contribution >= 0.6 is 0 Å². The SMILES string of the molecule is Cc1cccc(Oc2nc(-c3ccccc3O)nc3ccccc23)c1. The molecule has 1 N–H and O–H groups in total. The summed E-state index contributed by atoms with van der Waals surface area (Å²) < 4.78 is 6.04. The van der Waals surface area contributed by atoms with Gasteiger partial charge in [-0.3, -0.25) is 0 Å². The lowest BCUT2D eigenvalue weighted by Crippen LogP contribution is -1.96. The van der Waals surface area contributed by atoms with Crippen molar-refractivity contribution in [1.82, 2.24) is 9.97 Å². The molecule has 0 bridgehead atoms. The van der Waals surface area contributed by atoms with Crippen LogP contribution in [0, 0.1) is 6.92 Å². The molecule has 0 unspecified atom stereocenters. The van der Waals surface area contributed by atoms with Crippen LogP contribution < -0.4 is 4.74 Å². The molecule has 122 valence electrons. The molecule has 1 aromatic heterocycles. The molecule has 4 rings (SSSR count). The van der Waals surface area contributed by atoms with Gasteiger partial charge < -0.3 is 9.84 Å². The number of phenols is 1. The Morgan fingerprint density at radius 2 is 1.64 bits per heavy atom. The highest BCUT2D eigenvalue weighted by Gasteiger charge is 2.13. The first-order valence-corrected chi connectivity index (χ1v) is 8.00. The second-order valence-electron chi connectivity index (χ2n) is 5.81. The maximum absolute atomic E-state index is 10.1. The van der Waals surface area contributed by atoms with Crippen molar-refractivity contribution >= 4 is 10.9 Å². The highest BCUT2D eigenvalue weighted by Crippen LogP contribution is 2.33. The molecule has 0 fully saturated rings. The van der Waals surface area contributed by atoms with E-state index in [1.807, 2.05) is 61.5 Å². The van der Waals surface area contributed by atoms with Gasteiger partial charge in [-0.1, -0.05) is 36.4 Å². The van der Waals surface area contributed by atoms with Crippen LogP contribution in [0.5, 0.6) is 17.4 Å². The number of phenolic OH excluding ortho intramolecular Hbond substituents is 1. The number of aromatic hydroxyl groups is 1. The van der Waals surface area contributed by atoms with E-state index in [-0.39, 0.29) is 5.75 Å². The standard InChI is InChI=1S/C21H16N2O2/c1-14-7-6-8-15(13-14)25-21-16-9-2-4-11-18(16)22-20(23-21)17-10-3-5-12-19(17)24/h2-13,24H,1H3. The Hall–Kier alpha value is -3.40. The fourth-order valence-electron chi connectivity index (χ4n) is 2.70. The first-order valence-electron chi connectivity index (χ1n) is 8.00. The minimum Gasteiger partial charge on any atom is -0.507 e. The van der Waals surface area contributed by atoms with Gasteiger partial charge in [0.25, 0.3) is 0 Å². The summed E-state index contributed by atoms with van der Waals surface area (Å²) in [6.07, 6.45) is 0. The maximum Gasteiger partial charge on any atom is 0.230 e. The number of rotatable bonds is 3. The molecule has 1 heterocycles. The Morgan fingerprint density at radius 1 is 0.840 bits per heavy atom. The van der Waals surface area contributed by atoms with E-state index in [2.05, 4.69) is 9.97 Å². The summed E-state index contributed by atoms with van der Waals surface area (Å²) in [5.41, 5.74) is 2.44. The predicted molar refractivity (Wildman–Crippen MR) is 97.9 cm³/mol. The van der Waals surface area contributed by atoms with Gasteiger partial charge in [-0.15, -0.1) is 0 Å². The van der Waals surface area contributed by atoms with Crippen molar-refractivity contribution in [2.75, 3.05) is 0 Å². The zero-order chi connectivity index (χ0) is 17.2. The number of hydrogen-bond acceptors (Lipinski definition) is 4. The molecule has 0 amide bonds. The molecule has 25 heavy (non-hydrogen) atoms. The van der Waals surface area contributed by atoms with Gasteiger partial charge in [0.15, 0.2) is 5.82 Å². The van der Waals surface area contributed by atoms with E-state index in [0.717, 1.165) is 16.5 Å². The molecule has 0 aliphatic carbocycles. The number of para-hydroxylation sites is 2. The van der Waals surface area contributed by atoms with Crippen LogP contribution in [0.4, 0.5) is 0 Å². The van der Waals surface area contributed by atoms with Gasteiger partial charge in [-0.2, -0.15) is 4.98 Å². The third-order valence-corrected chi connectivity index (χ3v) is 3.92. The number of aromatic nitrogens is 2. The fraction of sp³-hybridized carbons (Fsp3) is 0.0476. The van der Waals surface area contributed by atoms with Crippen molar-refractivity contribution in [3.63, 3.8) is 0 Å². The van der Waals surface area contributed by atoms with Crippen molar-refractivity contribution in [3.8, 4) is 28.8 Å². The molecule has 0 atom stereocenters. The Labute approximate surface area is 145 Å². The zero-order valence-corrected chi connectivity index (χ0v) is 13.7. The topological polar surface area (TPSA) is 55.2 Å². The first kappa shape index (κ1) is 15.1. The molecule has 4 aromatic rings. The molecule has 0 saturated carbocycles. The zero-order valence-electron chi connectivity index (χ0n) is 13.7. The van der Waals surface area contributed by atoms with Crippen LogP contribution in [0.15, 0.2) is 72.8 Å². The highest BCUT2D eigenvalue weighted by molar-refractivity contribution is 5.85. The van der Waals surface area contributed by atoms with E-state index in [0.29, 0.717) is 23.0 Å². The van der Waals surface area contributed by atoms with Crippen molar-refractivity contribution in [3.05, 3.63) is 78.4 Å². The highest BCUT2D eigenvalue weighted by atomic mass is 16.5. The molecule has 4 nitrogen and oxygen atoms in total. The lowest BCUT2D eigenvalue weighted by Gasteiger charge is -2.11. The number of ether oxygens (including phenoxy) is 1. The Kier molecular flexibility index (Phi) is 3.78. The average Bonchev–Trinajstić information content (AvgIpc) is 2.62. The number of benzene rings is 3. The minimum atomic E-state index is 0.138. The molecule has 0 aliphatic rings. The minimum absolute atomic E-state index is 0.138. The van der Waals surface area contributed by atoms with E-state index in [1.165, 1.54) is 0 Å². The molecule has 0 radical (unpaired) electrons. The van der Waals surface area contributed by atoms with Gasteiger partial charge >= 0.3 is 0 Å². The monoisotopic (exact) mass is 328 g/mol. The summed E-state index contributed by atoms with van der Waals surface area (Å²) >= 11 is 0. The molecular weight excluding hydrogens is 312 g/mol. The predicted octanol–water partition coefficient (Wildman–Crippen LogP) is 5.10.